The molecule has 0 aromatic heterocycles. The van der Waals surface area contributed by atoms with Gasteiger partial charge in [-0.25, -0.2) is 0 Å². The number of nitrogens with zero attached hydrogens (tertiary/aromatic N) is 1. The number of hydrogen-bond acceptors (Lipinski definition) is 1. The van der Waals surface area contributed by atoms with Gasteiger partial charge in [0.25, 0.3) is 10.1 Å². The van der Waals surface area contributed by atoms with Crippen LogP contribution in [-0.4, -0.2) is 22.6 Å². The van der Waals surface area contributed by atoms with E-state index in [0.717, 1.165) is 4.31 Å². The van der Waals surface area contributed by atoms with Crippen LogP contribution < -0.4 is 0 Å². The van der Waals surface area contributed by atoms with Crippen molar-refractivity contribution in [2.45, 2.75) is 9.06 Å². The fourth-order valence-electron chi connectivity index (χ4n) is 1.16. The molecule has 1 aromatic carbocycles. The molecule has 0 spiro atoms. The third-order valence-electron chi connectivity index (χ3n) is 1.89. The molecule has 0 bridgehead atoms. The van der Waals surface area contributed by atoms with Crippen LogP contribution in [-0.2, 0) is 14.3 Å². The Morgan fingerprint density at radius 2 is 1.73 bits per heavy atom. The van der Waals surface area contributed by atoms with E-state index in [1.165, 1.54) is 26.2 Å². The predicted molar refractivity (Wildman–Crippen MR) is 60.3 cm³/mol. The molecule has 0 aliphatic carbocycles. The number of rotatable bonds is 3. The van der Waals surface area contributed by atoms with Gasteiger partial charge in [-0.3, -0.25) is 0 Å². The largest absolute Gasteiger partial charge is 0.492 e. The molecule has 0 fully saturated rings. The molecule has 0 N–H and O–H groups in total. The van der Waals surface area contributed by atoms with Crippen LogP contribution in [0.25, 0.3) is 0 Å². The van der Waals surface area contributed by atoms with Crippen LogP contribution in [0.1, 0.15) is 0 Å². The van der Waals surface area contributed by atoms with Gasteiger partial charge in [0.15, 0.2) is 4.90 Å². The average Bonchev–Trinajstić information content (AvgIpc) is 2.16. The lowest BCUT2D eigenvalue weighted by atomic mass is 10.4. The normalized spacial score (nSPS) is 16.4. The van der Waals surface area contributed by atoms with Crippen LogP contribution >= 0.6 is 15.9 Å². The Morgan fingerprint density at radius 3 is 2.07 bits per heavy atom. The van der Waals surface area contributed by atoms with Crippen LogP contribution in [0.5, 0.6) is 0 Å². The summed E-state index contributed by atoms with van der Waals surface area (Å²) in [7, 11) is -0.853. The highest BCUT2D eigenvalue weighted by Crippen LogP contribution is 2.41. The van der Waals surface area contributed by atoms with Gasteiger partial charge >= 0.3 is 4.16 Å². The Labute approximate surface area is 97.0 Å². The van der Waals surface area contributed by atoms with E-state index in [2.05, 4.69) is 15.9 Å². The molecule has 84 valence electrons. The van der Waals surface area contributed by atoms with Gasteiger partial charge in [0.2, 0.25) is 0 Å². The number of hydrogen-bond donors (Lipinski definition) is 0. The first kappa shape index (κ1) is 12.7. The lowest BCUT2D eigenvalue weighted by Crippen LogP contribution is -2.41. The number of alkyl halides is 3. The molecule has 0 radical (unpaired) electrons. The van der Waals surface area contributed by atoms with Crippen LogP contribution in [0.4, 0.5) is 8.78 Å². The van der Waals surface area contributed by atoms with Gasteiger partial charge in [-0.05, 0) is 12.1 Å². The second-order valence-corrected chi connectivity index (χ2v) is 7.38. The molecule has 0 heterocycles. The highest BCUT2D eigenvalue weighted by Gasteiger charge is 2.59. The molecule has 6 heteroatoms. The Kier molecular flexibility index (Phi) is 3.63. The van der Waals surface area contributed by atoms with Crippen LogP contribution in [0, 0.1) is 0 Å². The summed E-state index contributed by atoms with van der Waals surface area (Å²) in [6.07, 6.45) is 0. The van der Waals surface area contributed by atoms with Crippen molar-refractivity contribution in [2.24, 2.45) is 0 Å². The van der Waals surface area contributed by atoms with Crippen molar-refractivity contribution in [3.8, 4) is 0 Å². The lowest BCUT2D eigenvalue weighted by molar-refractivity contribution is 0.198. The van der Waals surface area contributed by atoms with Crippen LogP contribution in [0.15, 0.2) is 35.2 Å². The van der Waals surface area contributed by atoms with E-state index in [0.29, 0.717) is 0 Å². The summed E-state index contributed by atoms with van der Waals surface area (Å²) in [5.74, 6) is 0. The standard InChI is InChI=1S/C9H11BrF2NOS/c1-13(2)15(14,9(10,11)12)8-6-4-3-5-7-8/h3-7H,1-2H3/q+1. The maximum absolute atomic E-state index is 13.3. The number of halogens is 3. The summed E-state index contributed by atoms with van der Waals surface area (Å²) in [6.45, 7) is 0. The van der Waals surface area contributed by atoms with Gasteiger partial charge in [-0.1, -0.05) is 22.4 Å². The second-order valence-electron chi connectivity index (χ2n) is 3.10. The minimum absolute atomic E-state index is 0.108. The highest BCUT2D eigenvalue weighted by atomic mass is 79.9. The van der Waals surface area contributed by atoms with Crippen molar-refractivity contribution in [3.63, 3.8) is 0 Å². The molecule has 2 nitrogen and oxygen atoms in total. The Hall–Kier alpha value is -0.330. The second kappa shape index (κ2) is 4.27. The van der Waals surface area contributed by atoms with Gasteiger partial charge < -0.3 is 0 Å². The van der Waals surface area contributed by atoms with Gasteiger partial charge in [0.05, 0.1) is 15.9 Å². The van der Waals surface area contributed by atoms with E-state index in [-0.39, 0.29) is 4.90 Å². The molecule has 0 amide bonds. The smallest absolute Gasteiger partial charge is 0.142 e. The predicted octanol–water partition coefficient (Wildman–Crippen LogP) is 2.97. The zero-order valence-corrected chi connectivity index (χ0v) is 10.7. The van der Waals surface area contributed by atoms with Crippen molar-refractivity contribution in [1.29, 1.82) is 0 Å². The van der Waals surface area contributed by atoms with E-state index >= 15 is 0 Å². The summed E-state index contributed by atoms with van der Waals surface area (Å²) in [4.78, 5) is 0.108. The quantitative estimate of drug-likeness (QED) is 0.621. The Bertz CT molecular complexity index is 377. The summed E-state index contributed by atoms with van der Waals surface area (Å²) < 4.78 is 36.4. The minimum Gasteiger partial charge on any atom is -0.142 e. The summed E-state index contributed by atoms with van der Waals surface area (Å²) >= 11 is 2.19. The lowest BCUT2D eigenvalue weighted by Gasteiger charge is -2.20. The van der Waals surface area contributed by atoms with Crippen molar-refractivity contribution in [2.75, 3.05) is 14.1 Å². The Balaban J connectivity index is 3.33. The molecule has 1 atom stereocenters. The van der Waals surface area contributed by atoms with Crippen LogP contribution in [0.3, 0.4) is 0 Å². The van der Waals surface area contributed by atoms with Crippen molar-refractivity contribution in [3.05, 3.63) is 30.3 Å². The zero-order valence-electron chi connectivity index (χ0n) is 8.28. The van der Waals surface area contributed by atoms with Gasteiger partial charge in [0, 0.05) is 14.1 Å². The number of benzene rings is 1. The molecule has 0 aliphatic rings. The third-order valence-corrected chi connectivity index (χ3v) is 5.77. The van der Waals surface area contributed by atoms with E-state index in [4.69, 9.17) is 0 Å². The monoisotopic (exact) mass is 298 g/mol. The molecule has 1 rings (SSSR count). The van der Waals surface area contributed by atoms with Gasteiger partial charge in [0.1, 0.15) is 0 Å². The first-order chi connectivity index (χ1) is 6.80. The molecule has 1 aromatic rings. The molecular weight excluding hydrogens is 288 g/mol. The SMILES string of the molecule is CN(C)[S+](=O)(c1ccccc1)C(F)(F)Br. The fraction of sp³-hybridized carbons (Fsp3) is 0.333. The van der Waals surface area contributed by atoms with E-state index in [1.807, 2.05) is 0 Å². The molecule has 1 unspecified atom stereocenters. The molecular formula is C9H11BrF2NOS+. The van der Waals surface area contributed by atoms with E-state index < -0.39 is 14.3 Å². The van der Waals surface area contributed by atoms with Crippen molar-refractivity contribution < 1.29 is 13.0 Å². The summed E-state index contributed by atoms with van der Waals surface area (Å²) in [5, 5.41) is 0. The fourth-order valence-corrected chi connectivity index (χ4v) is 4.21. The molecule has 15 heavy (non-hydrogen) atoms. The van der Waals surface area contributed by atoms with Crippen LogP contribution in [0.2, 0.25) is 0 Å². The Morgan fingerprint density at radius 1 is 1.27 bits per heavy atom. The molecule has 0 saturated heterocycles. The highest BCUT2D eigenvalue weighted by molar-refractivity contribution is 9.11. The summed E-state index contributed by atoms with van der Waals surface area (Å²) in [6, 6.07) is 7.70. The topological polar surface area (TPSA) is 20.3 Å². The van der Waals surface area contributed by atoms with Gasteiger partial charge in [-0.2, -0.15) is 0 Å². The molecule has 0 saturated carbocycles. The first-order valence-electron chi connectivity index (χ1n) is 4.13. The van der Waals surface area contributed by atoms with Crippen molar-refractivity contribution >= 4 is 26.0 Å². The third kappa shape index (κ3) is 2.26. The maximum atomic E-state index is 13.3. The van der Waals surface area contributed by atoms with Crippen molar-refractivity contribution in [1.82, 2.24) is 4.31 Å². The van der Waals surface area contributed by atoms with E-state index in [9.17, 15) is 13.0 Å². The average molecular weight is 299 g/mol. The maximum Gasteiger partial charge on any atom is 0.492 e. The summed E-state index contributed by atoms with van der Waals surface area (Å²) in [5.41, 5.74) is 0. The van der Waals surface area contributed by atoms with E-state index in [1.54, 1.807) is 18.2 Å². The first-order valence-corrected chi connectivity index (χ1v) is 6.44. The molecule has 0 aliphatic heterocycles. The zero-order chi connectivity index (χ0) is 11.7. The minimum atomic E-state index is -3.58. The van der Waals surface area contributed by atoms with Gasteiger partial charge in [-0.15, -0.1) is 13.1 Å².